The Morgan fingerprint density at radius 1 is 1.47 bits per heavy atom. The van der Waals surface area contributed by atoms with Gasteiger partial charge in [0.2, 0.25) is 0 Å². The predicted octanol–water partition coefficient (Wildman–Crippen LogP) is 3.27. The number of hydrogen-bond donors (Lipinski definition) is 1. The first kappa shape index (κ1) is 14.1. The van der Waals surface area contributed by atoms with E-state index in [1.807, 2.05) is 6.92 Å². The first-order valence-corrected chi connectivity index (χ1v) is 6.54. The van der Waals surface area contributed by atoms with Gasteiger partial charge in [-0.1, -0.05) is 22.9 Å². The zero-order chi connectivity index (χ0) is 12.7. The number of nitrogens with one attached hydrogen (secondary N) is 1. The van der Waals surface area contributed by atoms with Crippen LogP contribution in [0, 0.1) is 19.3 Å². The van der Waals surface area contributed by atoms with Gasteiger partial charge in [-0.3, -0.25) is 0 Å². The standard InChI is InChI=1S/C14H18BrNO/c1-4-6-7-17-14-11(3)8-13(15)9-12(14)10-16-5-2/h1,8-9,16H,5-7,10H2,2-3H3. The van der Waals surface area contributed by atoms with Crippen molar-refractivity contribution in [1.29, 1.82) is 0 Å². The zero-order valence-corrected chi connectivity index (χ0v) is 11.9. The van der Waals surface area contributed by atoms with Crippen molar-refractivity contribution in [2.45, 2.75) is 26.8 Å². The molecular weight excluding hydrogens is 278 g/mol. The Balaban J connectivity index is 2.86. The number of ether oxygens (including phenoxy) is 1. The summed E-state index contributed by atoms with van der Waals surface area (Å²) in [6.45, 7) is 6.45. The van der Waals surface area contributed by atoms with E-state index in [9.17, 15) is 0 Å². The van der Waals surface area contributed by atoms with E-state index in [0.717, 1.165) is 34.4 Å². The van der Waals surface area contributed by atoms with E-state index in [4.69, 9.17) is 11.2 Å². The lowest BCUT2D eigenvalue weighted by Crippen LogP contribution is -2.13. The van der Waals surface area contributed by atoms with Gasteiger partial charge in [-0.2, -0.15) is 0 Å². The molecule has 0 saturated carbocycles. The molecule has 0 unspecified atom stereocenters. The molecule has 3 heteroatoms. The zero-order valence-electron chi connectivity index (χ0n) is 10.3. The number of benzene rings is 1. The molecule has 0 aromatic heterocycles. The number of rotatable bonds is 6. The van der Waals surface area contributed by atoms with Gasteiger partial charge in [0.25, 0.3) is 0 Å². The van der Waals surface area contributed by atoms with E-state index < -0.39 is 0 Å². The summed E-state index contributed by atoms with van der Waals surface area (Å²) in [6, 6.07) is 4.14. The summed E-state index contributed by atoms with van der Waals surface area (Å²) in [4.78, 5) is 0. The average Bonchev–Trinajstić information content (AvgIpc) is 2.29. The largest absolute Gasteiger partial charge is 0.492 e. The van der Waals surface area contributed by atoms with Gasteiger partial charge in [0.1, 0.15) is 5.75 Å². The fourth-order valence-electron chi connectivity index (χ4n) is 1.61. The Morgan fingerprint density at radius 3 is 2.88 bits per heavy atom. The number of aryl methyl sites for hydroxylation is 1. The van der Waals surface area contributed by atoms with Gasteiger partial charge >= 0.3 is 0 Å². The summed E-state index contributed by atoms with van der Waals surface area (Å²) in [5.41, 5.74) is 2.29. The summed E-state index contributed by atoms with van der Waals surface area (Å²) in [5, 5.41) is 3.31. The molecule has 0 bridgehead atoms. The second-order valence-corrected chi connectivity index (χ2v) is 4.71. The Hall–Kier alpha value is -0.980. The third-order valence-corrected chi connectivity index (χ3v) is 2.83. The molecule has 1 aromatic carbocycles. The van der Waals surface area contributed by atoms with Gasteiger partial charge in [-0.25, -0.2) is 0 Å². The first-order valence-electron chi connectivity index (χ1n) is 5.75. The van der Waals surface area contributed by atoms with E-state index in [1.165, 1.54) is 0 Å². The predicted molar refractivity (Wildman–Crippen MR) is 75.2 cm³/mol. The Bertz CT molecular complexity index is 409. The van der Waals surface area contributed by atoms with Crippen molar-refractivity contribution in [3.8, 4) is 18.1 Å². The molecule has 0 heterocycles. The smallest absolute Gasteiger partial charge is 0.126 e. The minimum Gasteiger partial charge on any atom is -0.492 e. The molecule has 1 rings (SSSR count). The highest BCUT2D eigenvalue weighted by Crippen LogP contribution is 2.28. The van der Waals surface area contributed by atoms with Gasteiger partial charge in [0, 0.05) is 23.0 Å². The fourth-order valence-corrected chi connectivity index (χ4v) is 2.23. The van der Waals surface area contributed by atoms with Crippen molar-refractivity contribution in [1.82, 2.24) is 5.32 Å². The minimum absolute atomic E-state index is 0.568. The second kappa shape index (κ2) is 7.37. The van der Waals surface area contributed by atoms with Crippen LogP contribution in [0.4, 0.5) is 0 Å². The molecule has 17 heavy (non-hydrogen) atoms. The Kier molecular flexibility index (Phi) is 6.10. The lowest BCUT2D eigenvalue weighted by molar-refractivity contribution is 0.320. The monoisotopic (exact) mass is 295 g/mol. The van der Waals surface area contributed by atoms with Crippen LogP contribution >= 0.6 is 15.9 Å². The molecule has 0 atom stereocenters. The van der Waals surface area contributed by atoms with Crippen molar-refractivity contribution in [2.24, 2.45) is 0 Å². The van der Waals surface area contributed by atoms with Crippen LogP contribution in [0.5, 0.6) is 5.75 Å². The Morgan fingerprint density at radius 2 is 2.24 bits per heavy atom. The summed E-state index contributed by atoms with van der Waals surface area (Å²) < 4.78 is 6.83. The first-order chi connectivity index (χ1) is 8.19. The van der Waals surface area contributed by atoms with Gasteiger partial charge in [0.15, 0.2) is 0 Å². The van der Waals surface area contributed by atoms with Crippen LogP contribution in [0.15, 0.2) is 16.6 Å². The minimum atomic E-state index is 0.568. The SMILES string of the molecule is C#CCCOc1c(C)cc(Br)cc1CNCC. The lowest BCUT2D eigenvalue weighted by Gasteiger charge is -2.14. The van der Waals surface area contributed by atoms with Crippen LogP contribution in [0.1, 0.15) is 24.5 Å². The molecule has 0 radical (unpaired) electrons. The van der Waals surface area contributed by atoms with E-state index >= 15 is 0 Å². The van der Waals surface area contributed by atoms with E-state index in [0.29, 0.717) is 13.0 Å². The van der Waals surface area contributed by atoms with Crippen molar-refractivity contribution in [2.75, 3.05) is 13.2 Å². The highest BCUT2D eigenvalue weighted by atomic mass is 79.9. The summed E-state index contributed by atoms with van der Waals surface area (Å²) in [5.74, 6) is 3.53. The van der Waals surface area contributed by atoms with Crippen molar-refractivity contribution in [3.63, 3.8) is 0 Å². The fraction of sp³-hybridized carbons (Fsp3) is 0.429. The molecule has 0 saturated heterocycles. The molecule has 2 nitrogen and oxygen atoms in total. The number of halogens is 1. The van der Waals surface area contributed by atoms with Crippen LogP contribution < -0.4 is 10.1 Å². The van der Waals surface area contributed by atoms with Gasteiger partial charge in [-0.15, -0.1) is 12.3 Å². The molecule has 0 aliphatic rings. The van der Waals surface area contributed by atoms with Gasteiger partial charge in [0.05, 0.1) is 6.61 Å². The molecule has 1 aromatic rings. The molecule has 92 valence electrons. The normalized spacial score (nSPS) is 10.0. The number of terminal acetylenes is 1. The van der Waals surface area contributed by atoms with E-state index in [2.05, 4.69) is 46.2 Å². The maximum absolute atomic E-state index is 5.76. The third kappa shape index (κ3) is 4.41. The summed E-state index contributed by atoms with van der Waals surface area (Å²) >= 11 is 3.51. The van der Waals surface area contributed by atoms with Crippen LogP contribution in [0.25, 0.3) is 0 Å². The van der Waals surface area contributed by atoms with E-state index in [1.54, 1.807) is 0 Å². The molecule has 1 N–H and O–H groups in total. The van der Waals surface area contributed by atoms with Crippen molar-refractivity contribution < 1.29 is 4.74 Å². The van der Waals surface area contributed by atoms with Crippen molar-refractivity contribution >= 4 is 15.9 Å². The quantitative estimate of drug-likeness (QED) is 0.642. The molecule has 0 spiro atoms. The van der Waals surface area contributed by atoms with Gasteiger partial charge < -0.3 is 10.1 Å². The van der Waals surface area contributed by atoms with Crippen LogP contribution in [-0.4, -0.2) is 13.2 Å². The molecular formula is C14H18BrNO. The number of hydrogen-bond acceptors (Lipinski definition) is 2. The van der Waals surface area contributed by atoms with Gasteiger partial charge in [-0.05, 0) is 31.2 Å². The average molecular weight is 296 g/mol. The maximum Gasteiger partial charge on any atom is 0.126 e. The highest BCUT2D eigenvalue weighted by molar-refractivity contribution is 9.10. The van der Waals surface area contributed by atoms with Crippen LogP contribution in [0.2, 0.25) is 0 Å². The lowest BCUT2D eigenvalue weighted by atomic mass is 10.1. The van der Waals surface area contributed by atoms with Crippen LogP contribution in [0.3, 0.4) is 0 Å². The molecule has 0 aliphatic heterocycles. The van der Waals surface area contributed by atoms with Crippen molar-refractivity contribution in [3.05, 3.63) is 27.7 Å². The second-order valence-electron chi connectivity index (χ2n) is 3.79. The maximum atomic E-state index is 5.76. The van der Waals surface area contributed by atoms with E-state index in [-0.39, 0.29) is 0 Å². The highest BCUT2D eigenvalue weighted by Gasteiger charge is 2.08. The summed E-state index contributed by atoms with van der Waals surface area (Å²) in [6.07, 6.45) is 5.86. The molecule has 0 amide bonds. The topological polar surface area (TPSA) is 21.3 Å². The summed E-state index contributed by atoms with van der Waals surface area (Å²) in [7, 11) is 0. The molecule has 0 fully saturated rings. The third-order valence-electron chi connectivity index (χ3n) is 2.37. The van der Waals surface area contributed by atoms with Crippen LogP contribution in [-0.2, 0) is 6.54 Å². The molecule has 0 aliphatic carbocycles. The Labute approximate surface area is 112 Å².